The quantitative estimate of drug-likeness (QED) is 0.626. The number of rotatable bonds is 4. The van der Waals surface area contributed by atoms with Crippen molar-refractivity contribution in [2.45, 2.75) is 13.5 Å². The summed E-state index contributed by atoms with van der Waals surface area (Å²) in [5.74, 6) is 0.816. The van der Waals surface area contributed by atoms with Crippen LogP contribution in [0.3, 0.4) is 0 Å². The van der Waals surface area contributed by atoms with Gasteiger partial charge in [0.2, 0.25) is 0 Å². The monoisotopic (exact) mass is 319 g/mol. The highest BCUT2D eigenvalue weighted by Crippen LogP contribution is 2.27. The minimum Gasteiger partial charge on any atom is -0.340 e. The van der Waals surface area contributed by atoms with Crippen molar-refractivity contribution < 1.29 is 0 Å². The van der Waals surface area contributed by atoms with E-state index in [0.717, 1.165) is 33.7 Å². The van der Waals surface area contributed by atoms with Crippen molar-refractivity contribution in [2.24, 2.45) is 7.05 Å². The Morgan fingerprint density at radius 3 is 2.96 bits per heavy atom. The lowest BCUT2D eigenvalue weighted by atomic mass is 10.2. The van der Waals surface area contributed by atoms with Crippen molar-refractivity contribution >= 4 is 22.4 Å². The molecule has 0 atom stereocenters. The van der Waals surface area contributed by atoms with Crippen LogP contribution in [-0.4, -0.2) is 29.5 Å². The van der Waals surface area contributed by atoms with E-state index in [1.54, 1.807) is 17.2 Å². The molecule has 0 saturated heterocycles. The number of hydrogen-bond donors (Lipinski definition) is 1. The fraction of sp³-hybridized carbons (Fsp3) is 0.176. The molecule has 0 aliphatic carbocycles. The first-order valence-electron chi connectivity index (χ1n) is 7.67. The second kappa shape index (κ2) is 5.77. The Morgan fingerprint density at radius 2 is 2.12 bits per heavy atom. The molecule has 7 nitrogen and oxygen atoms in total. The Labute approximate surface area is 139 Å². The largest absolute Gasteiger partial charge is 0.340 e. The third kappa shape index (κ3) is 2.60. The summed E-state index contributed by atoms with van der Waals surface area (Å²) in [6.45, 7) is 2.68. The molecular weight excluding hydrogens is 302 g/mol. The SMILES string of the molecule is Cc1nn(C)c2ccnc(Nc3cccc(Cn4cncn4)c3)c12. The first-order valence-corrected chi connectivity index (χ1v) is 7.67. The van der Waals surface area contributed by atoms with E-state index >= 15 is 0 Å². The molecule has 1 N–H and O–H groups in total. The maximum Gasteiger partial charge on any atom is 0.141 e. The minimum atomic E-state index is 0.680. The molecule has 24 heavy (non-hydrogen) atoms. The van der Waals surface area contributed by atoms with Gasteiger partial charge < -0.3 is 5.32 Å². The molecule has 0 amide bonds. The maximum atomic E-state index is 4.49. The van der Waals surface area contributed by atoms with E-state index in [1.165, 1.54) is 6.33 Å². The standard InChI is InChI=1S/C17H17N7/c1-12-16-15(23(2)22-12)6-7-19-17(16)21-14-5-3-4-13(8-14)9-24-11-18-10-20-24/h3-8,10-11H,9H2,1-2H3,(H,19,21). The van der Waals surface area contributed by atoms with E-state index in [4.69, 9.17) is 0 Å². The average molecular weight is 319 g/mol. The lowest BCUT2D eigenvalue weighted by Gasteiger charge is -2.09. The van der Waals surface area contributed by atoms with Gasteiger partial charge in [0.05, 0.1) is 23.1 Å². The normalized spacial score (nSPS) is 11.1. The summed E-state index contributed by atoms with van der Waals surface area (Å²) in [4.78, 5) is 8.46. The lowest BCUT2D eigenvalue weighted by molar-refractivity contribution is 0.685. The Kier molecular flexibility index (Phi) is 3.45. The topological polar surface area (TPSA) is 73.5 Å². The highest BCUT2D eigenvalue weighted by Gasteiger charge is 2.11. The number of aryl methyl sites for hydroxylation is 2. The lowest BCUT2D eigenvalue weighted by Crippen LogP contribution is -2.01. The van der Waals surface area contributed by atoms with Crippen LogP contribution in [0.15, 0.2) is 49.2 Å². The molecular formula is C17H17N7. The molecule has 4 rings (SSSR count). The summed E-state index contributed by atoms with van der Waals surface area (Å²) in [6, 6.07) is 10.2. The van der Waals surface area contributed by atoms with E-state index in [2.05, 4.69) is 37.6 Å². The molecule has 0 bridgehead atoms. The summed E-state index contributed by atoms with van der Waals surface area (Å²) >= 11 is 0. The van der Waals surface area contributed by atoms with E-state index in [0.29, 0.717) is 6.54 Å². The maximum absolute atomic E-state index is 4.49. The fourth-order valence-electron chi connectivity index (χ4n) is 2.89. The van der Waals surface area contributed by atoms with Gasteiger partial charge in [0.25, 0.3) is 0 Å². The second-order valence-corrected chi connectivity index (χ2v) is 5.68. The third-order valence-electron chi connectivity index (χ3n) is 3.94. The van der Waals surface area contributed by atoms with Crippen LogP contribution in [-0.2, 0) is 13.6 Å². The highest BCUT2D eigenvalue weighted by atomic mass is 15.3. The van der Waals surface area contributed by atoms with Crippen molar-refractivity contribution in [3.05, 3.63) is 60.4 Å². The van der Waals surface area contributed by atoms with E-state index in [1.807, 2.05) is 36.9 Å². The summed E-state index contributed by atoms with van der Waals surface area (Å²) in [6.07, 6.45) is 5.05. The molecule has 0 radical (unpaired) electrons. The molecule has 7 heteroatoms. The van der Waals surface area contributed by atoms with Gasteiger partial charge in [-0.1, -0.05) is 12.1 Å². The first kappa shape index (κ1) is 14.4. The van der Waals surface area contributed by atoms with E-state index < -0.39 is 0 Å². The predicted molar refractivity (Wildman–Crippen MR) is 92.1 cm³/mol. The Balaban J connectivity index is 1.66. The zero-order chi connectivity index (χ0) is 16.5. The van der Waals surface area contributed by atoms with Crippen molar-refractivity contribution in [1.82, 2.24) is 29.5 Å². The van der Waals surface area contributed by atoms with Crippen LogP contribution >= 0.6 is 0 Å². The molecule has 3 aromatic heterocycles. The van der Waals surface area contributed by atoms with Gasteiger partial charge in [-0.05, 0) is 30.7 Å². The summed E-state index contributed by atoms with van der Waals surface area (Å²) in [7, 11) is 1.94. The number of anilines is 2. The molecule has 1 aromatic carbocycles. The van der Waals surface area contributed by atoms with Crippen molar-refractivity contribution in [3.63, 3.8) is 0 Å². The zero-order valence-corrected chi connectivity index (χ0v) is 13.5. The number of pyridine rings is 1. The Morgan fingerprint density at radius 1 is 1.21 bits per heavy atom. The molecule has 0 fully saturated rings. The zero-order valence-electron chi connectivity index (χ0n) is 13.5. The minimum absolute atomic E-state index is 0.680. The van der Waals surface area contributed by atoms with Crippen LogP contribution in [0.25, 0.3) is 10.9 Å². The third-order valence-corrected chi connectivity index (χ3v) is 3.94. The van der Waals surface area contributed by atoms with Gasteiger partial charge >= 0.3 is 0 Å². The van der Waals surface area contributed by atoms with Crippen molar-refractivity contribution in [3.8, 4) is 0 Å². The Bertz CT molecular complexity index is 986. The van der Waals surface area contributed by atoms with Gasteiger partial charge in [-0.15, -0.1) is 0 Å². The van der Waals surface area contributed by atoms with E-state index in [-0.39, 0.29) is 0 Å². The van der Waals surface area contributed by atoms with Crippen molar-refractivity contribution in [1.29, 1.82) is 0 Å². The number of benzene rings is 1. The number of hydrogen-bond acceptors (Lipinski definition) is 5. The fourth-order valence-corrected chi connectivity index (χ4v) is 2.89. The average Bonchev–Trinajstić information content (AvgIpc) is 3.17. The molecule has 0 unspecified atom stereocenters. The van der Waals surface area contributed by atoms with Crippen LogP contribution in [0.4, 0.5) is 11.5 Å². The van der Waals surface area contributed by atoms with Crippen LogP contribution in [0.5, 0.6) is 0 Å². The smallest absolute Gasteiger partial charge is 0.141 e. The highest BCUT2D eigenvalue weighted by molar-refractivity contribution is 5.93. The van der Waals surface area contributed by atoms with Crippen LogP contribution in [0.1, 0.15) is 11.3 Å². The van der Waals surface area contributed by atoms with Gasteiger partial charge in [-0.3, -0.25) is 4.68 Å². The van der Waals surface area contributed by atoms with Gasteiger partial charge in [-0.2, -0.15) is 10.2 Å². The molecule has 0 aliphatic rings. The van der Waals surface area contributed by atoms with Gasteiger partial charge in [-0.25, -0.2) is 14.6 Å². The second-order valence-electron chi connectivity index (χ2n) is 5.68. The van der Waals surface area contributed by atoms with Gasteiger partial charge in [0, 0.05) is 18.9 Å². The molecule has 0 saturated carbocycles. The number of nitrogens with zero attached hydrogens (tertiary/aromatic N) is 6. The Hall–Kier alpha value is -3.22. The van der Waals surface area contributed by atoms with Crippen LogP contribution in [0, 0.1) is 6.92 Å². The molecule has 0 spiro atoms. The molecule has 3 heterocycles. The molecule has 0 aliphatic heterocycles. The van der Waals surface area contributed by atoms with Crippen LogP contribution < -0.4 is 5.32 Å². The summed E-state index contributed by atoms with van der Waals surface area (Å²) in [5.41, 5.74) is 4.14. The number of aromatic nitrogens is 6. The van der Waals surface area contributed by atoms with Gasteiger partial charge in [0.15, 0.2) is 0 Å². The number of nitrogens with one attached hydrogen (secondary N) is 1. The van der Waals surface area contributed by atoms with Crippen LogP contribution in [0.2, 0.25) is 0 Å². The summed E-state index contributed by atoms with van der Waals surface area (Å²) < 4.78 is 3.67. The van der Waals surface area contributed by atoms with Crippen molar-refractivity contribution in [2.75, 3.05) is 5.32 Å². The number of fused-ring (bicyclic) bond motifs is 1. The summed E-state index contributed by atoms with van der Waals surface area (Å²) in [5, 5.41) is 13.1. The predicted octanol–water partition coefficient (Wildman–Crippen LogP) is 2.66. The van der Waals surface area contributed by atoms with E-state index in [9.17, 15) is 0 Å². The molecule has 120 valence electrons. The molecule has 4 aromatic rings. The van der Waals surface area contributed by atoms with Gasteiger partial charge in [0.1, 0.15) is 18.5 Å². The first-order chi connectivity index (χ1) is 11.7.